The van der Waals surface area contributed by atoms with Crippen molar-refractivity contribution in [2.45, 2.75) is 30.5 Å². The Bertz CT molecular complexity index is 1510. The molecule has 0 radical (unpaired) electrons. The molecule has 2 aromatic heterocycles. The number of benzene rings is 2. The molecule has 0 saturated heterocycles. The van der Waals surface area contributed by atoms with E-state index in [4.69, 9.17) is 0 Å². The first-order chi connectivity index (χ1) is 17.2. The number of aromatic nitrogens is 5. The number of halogens is 3. The van der Waals surface area contributed by atoms with Gasteiger partial charge in [0.15, 0.2) is 15.7 Å². The Kier molecular flexibility index (Phi) is 6.08. The topological polar surface area (TPSA) is 126 Å². The molecule has 4 aromatic rings. The number of alkyl halides is 3. The number of hydrogen-bond donors (Lipinski definition) is 3. The van der Waals surface area contributed by atoms with Crippen molar-refractivity contribution in [3.05, 3.63) is 71.7 Å². The zero-order valence-electron chi connectivity index (χ0n) is 18.7. The Balaban J connectivity index is 1.46. The van der Waals surface area contributed by atoms with Crippen molar-refractivity contribution in [1.29, 1.82) is 0 Å². The van der Waals surface area contributed by atoms with Crippen LogP contribution in [0.25, 0.3) is 11.4 Å². The van der Waals surface area contributed by atoms with Crippen LogP contribution in [0.4, 0.5) is 30.6 Å². The molecule has 1 aliphatic heterocycles. The summed E-state index contributed by atoms with van der Waals surface area (Å²) in [6, 6.07) is 14.3. The van der Waals surface area contributed by atoms with Gasteiger partial charge < -0.3 is 10.6 Å². The lowest BCUT2D eigenvalue weighted by molar-refractivity contribution is -0.144. The number of aryl methyl sites for hydroxylation is 1. The number of nitrogens with one attached hydrogen (secondary N) is 3. The summed E-state index contributed by atoms with van der Waals surface area (Å²) in [5.41, 5.74) is 2.41. The summed E-state index contributed by atoms with van der Waals surface area (Å²) in [6.07, 6.45) is -2.16. The molecule has 0 saturated carbocycles. The second kappa shape index (κ2) is 9.22. The van der Waals surface area contributed by atoms with E-state index in [-0.39, 0.29) is 28.9 Å². The minimum atomic E-state index is -4.68. The van der Waals surface area contributed by atoms with Crippen LogP contribution < -0.4 is 10.6 Å². The summed E-state index contributed by atoms with van der Waals surface area (Å²) in [7, 11) is -3.28. The van der Waals surface area contributed by atoms with E-state index >= 15 is 0 Å². The molecular formula is C23H20F3N7O2S. The molecule has 0 fully saturated rings. The first-order valence-electron chi connectivity index (χ1n) is 11.0. The highest BCUT2D eigenvalue weighted by atomic mass is 32.2. The number of H-pyrrole nitrogens is 1. The van der Waals surface area contributed by atoms with Crippen molar-refractivity contribution in [2.24, 2.45) is 0 Å². The number of aromatic amines is 1. The van der Waals surface area contributed by atoms with E-state index in [2.05, 4.69) is 30.7 Å². The molecular weight excluding hydrogens is 495 g/mol. The maximum atomic E-state index is 13.0. The van der Waals surface area contributed by atoms with Gasteiger partial charge in [0.2, 0.25) is 11.8 Å². The molecule has 36 heavy (non-hydrogen) atoms. The quantitative estimate of drug-likeness (QED) is 0.346. The molecule has 2 aromatic carbocycles. The minimum Gasteiger partial charge on any atom is -0.365 e. The molecule has 186 valence electrons. The van der Waals surface area contributed by atoms with E-state index in [0.717, 1.165) is 5.56 Å². The lowest BCUT2D eigenvalue weighted by atomic mass is 10.1. The smallest absolute Gasteiger partial charge is 0.365 e. The number of fused-ring (bicyclic) bond motifs is 1. The number of anilines is 3. The van der Waals surface area contributed by atoms with E-state index in [9.17, 15) is 21.6 Å². The largest absolute Gasteiger partial charge is 0.451 e. The Morgan fingerprint density at radius 1 is 1.06 bits per heavy atom. The van der Waals surface area contributed by atoms with Gasteiger partial charge >= 0.3 is 6.18 Å². The van der Waals surface area contributed by atoms with Gasteiger partial charge in [-0.05, 0) is 42.2 Å². The van der Waals surface area contributed by atoms with Crippen LogP contribution in [0, 0.1) is 0 Å². The molecule has 5 rings (SSSR count). The first-order valence-corrected chi connectivity index (χ1v) is 12.6. The van der Waals surface area contributed by atoms with Gasteiger partial charge in [0.25, 0.3) is 0 Å². The van der Waals surface area contributed by atoms with Gasteiger partial charge in [-0.1, -0.05) is 30.3 Å². The summed E-state index contributed by atoms with van der Waals surface area (Å²) in [4.78, 5) is 12.5. The summed E-state index contributed by atoms with van der Waals surface area (Å²) in [6.45, 7) is 0.345. The van der Waals surface area contributed by atoms with Gasteiger partial charge in [0.1, 0.15) is 5.82 Å². The summed E-state index contributed by atoms with van der Waals surface area (Å²) in [5, 5.41) is 11.8. The predicted molar refractivity (Wildman–Crippen MR) is 126 cm³/mol. The van der Waals surface area contributed by atoms with Gasteiger partial charge in [-0.15, -0.1) is 0 Å². The maximum Gasteiger partial charge on any atom is 0.451 e. The van der Waals surface area contributed by atoms with Crippen molar-refractivity contribution < 1.29 is 21.6 Å². The van der Waals surface area contributed by atoms with Crippen LogP contribution in [0.1, 0.15) is 23.4 Å². The monoisotopic (exact) mass is 515 g/mol. The number of hydrogen-bond acceptors (Lipinski definition) is 8. The van der Waals surface area contributed by atoms with Crippen LogP contribution in [0.3, 0.4) is 0 Å². The van der Waals surface area contributed by atoms with Gasteiger partial charge in [-0.3, -0.25) is 5.10 Å². The molecule has 0 amide bonds. The highest BCUT2D eigenvalue weighted by Crippen LogP contribution is 2.31. The Morgan fingerprint density at radius 2 is 1.86 bits per heavy atom. The Morgan fingerprint density at radius 3 is 2.61 bits per heavy atom. The van der Waals surface area contributed by atoms with Crippen molar-refractivity contribution in [3.8, 4) is 11.4 Å². The van der Waals surface area contributed by atoms with Crippen molar-refractivity contribution in [3.63, 3.8) is 0 Å². The average Bonchev–Trinajstić information content (AvgIpc) is 3.34. The summed E-state index contributed by atoms with van der Waals surface area (Å²) < 4.78 is 63.6. The fraction of sp³-hybridized carbons (Fsp3) is 0.217. The van der Waals surface area contributed by atoms with Crippen molar-refractivity contribution >= 4 is 27.3 Å². The number of rotatable bonds is 6. The fourth-order valence-electron chi connectivity index (χ4n) is 3.88. The predicted octanol–water partition coefficient (Wildman–Crippen LogP) is 4.36. The van der Waals surface area contributed by atoms with E-state index in [1.807, 2.05) is 35.4 Å². The highest BCUT2D eigenvalue weighted by molar-refractivity contribution is 7.91. The normalized spacial score (nSPS) is 14.8. The second-order valence-electron chi connectivity index (χ2n) is 8.17. The zero-order valence-corrected chi connectivity index (χ0v) is 19.5. The third-order valence-electron chi connectivity index (χ3n) is 5.60. The second-order valence-corrected chi connectivity index (χ2v) is 10.2. The average molecular weight is 516 g/mol. The maximum absolute atomic E-state index is 13.0. The van der Waals surface area contributed by atoms with E-state index in [0.29, 0.717) is 35.5 Å². The van der Waals surface area contributed by atoms with Gasteiger partial charge in [0.05, 0.1) is 16.2 Å². The molecule has 0 unspecified atom stereocenters. The van der Waals surface area contributed by atoms with Crippen molar-refractivity contribution in [2.75, 3.05) is 16.4 Å². The van der Waals surface area contributed by atoms with Crippen LogP contribution >= 0.6 is 0 Å². The summed E-state index contributed by atoms with van der Waals surface area (Å²) >= 11 is 0. The minimum absolute atomic E-state index is 0.130. The molecule has 13 heteroatoms. The number of nitrogens with zero attached hydrogens (tertiary/aromatic N) is 4. The Labute approximate surface area is 204 Å². The molecule has 3 heterocycles. The highest BCUT2D eigenvalue weighted by Gasteiger charge is 2.35. The lowest BCUT2D eigenvalue weighted by Gasteiger charge is -2.17. The summed E-state index contributed by atoms with van der Waals surface area (Å²) in [5.74, 6) is -0.907. The lowest BCUT2D eigenvalue weighted by Crippen LogP contribution is -2.16. The van der Waals surface area contributed by atoms with Crippen LogP contribution in [-0.2, 0) is 29.0 Å². The molecule has 0 bridgehead atoms. The Hall–Kier alpha value is -4.00. The van der Waals surface area contributed by atoms with Crippen LogP contribution in [0.15, 0.2) is 59.6 Å². The molecule has 1 aliphatic rings. The van der Waals surface area contributed by atoms with E-state index < -0.39 is 21.8 Å². The third-order valence-corrected chi connectivity index (χ3v) is 7.49. The molecule has 0 atom stereocenters. The van der Waals surface area contributed by atoms with Gasteiger partial charge in [-0.25, -0.2) is 18.4 Å². The van der Waals surface area contributed by atoms with Gasteiger partial charge in [0, 0.05) is 18.4 Å². The van der Waals surface area contributed by atoms with Crippen molar-refractivity contribution in [1.82, 2.24) is 25.1 Å². The van der Waals surface area contributed by atoms with Crippen LogP contribution in [0.5, 0.6) is 0 Å². The van der Waals surface area contributed by atoms with Crippen LogP contribution in [0.2, 0.25) is 0 Å². The molecule has 9 nitrogen and oxygen atoms in total. The zero-order chi connectivity index (χ0) is 25.3. The molecule has 0 spiro atoms. The van der Waals surface area contributed by atoms with E-state index in [1.165, 1.54) is 6.20 Å². The molecule has 0 aliphatic carbocycles. The third kappa shape index (κ3) is 5.00. The standard InChI is InChI=1S/C23H20F3N7O2S/c24-23(25,26)21-30-20(32-33-21)17-13-28-22(31-19(17)27-12-14-5-2-1-3-6-14)29-16-8-9-18-15(11-16)7-4-10-36(18,34)35/h1-3,5-6,8-9,11,13H,4,7,10,12H2,(H,30,32,33)(H2,27,28,29,31). The molecule has 3 N–H and O–H groups in total. The number of sulfone groups is 1. The fourth-order valence-corrected chi connectivity index (χ4v) is 5.46. The SMILES string of the molecule is O=S1(=O)CCCc2cc(Nc3ncc(-c4n[nH]c(C(F)(F)F)n4)c(NCc4ccccc4)n3)ccc21. The van der Waals surface area contributed by atoms with Gasteiger partial charge in [-0.2, -0.15) is 23.3 Å². The van der Waals surface area contributed by atoms with E-state index in [1.54, 1.807) is 18.2 Å². The first kappa shape index (κ1) is 23.7. The van der Waals surface area contributed by atoms with Crippen LogP contribution in [-0.4, -0.2) is 39.3 Å².